The second kappa shape index (κ2) is 10.1. The van der Waals surface area contributed by atoms with Crippen LogP contribution in [0.25, 0.3) is 22.3 Å². The van der Waals surface area contributed by atoms with Gasteiger partial charge in [-0.3, -0.25) is 0 Å². The number of nitrogens with two attached hydrogens (primary N) is 2. The molecule has 4 aromatic carbocycles. The highest BCUT2D eigenvalue weighted by Crippen LogP contribution is 2.26. The summed E-state index contributed by atoms with van der Waals surface area (Å²) in [5.41, 5.74) is 19.4. The normalized spacial score (nSPS) is 10.1. The first kappa shape index (κ1) is 20.2. The lowest BCUT2D eigenvalue weighted by Crippen LogP contribution is -1.93. The van der Waals surface area contributed by atoms with Gasteiger partial charge in [0, 0.05) is 11.4 Å². The Hall–Kier alpha value is -3.52. The zero-order valence-electron chi connectivity index (χ0n) is 16.9. The molecule has 0 aliphatic rings. The second-order valence-corrected chi connectivity index (χ2v) is 7.02. The summed E-state index contributed by atoms with van der Waals surface area (Å²) in [5.74, 6) is 0. The van der Waals surface area contributed by atoms with E-state index >= 15 is 0 Å². The molecule has 0 amide bonds. The Morgan fingerprint density at radius 1 is 0.552 bits per heavy atom. The van der Waals surface area contributed by atoms with Crippen molar-refractivity contribution in [2.24, 2.45) is 0 Å². The zero-order chi connectivity index (χ0) is 20.5. The molecular weight excluding hydrogens is 352 g/mol. The summed E-state index contributed by atoms with van der Waals surface area (Å²) in [5, 5.41) is 0. The molecule has 0 saturated carbocycles. The minimum atomic E-state index is 0.805. The van der Waals surface area contributed by atoms with Crippen LogP contribution in [-0.4, -0.2) is 0 Å². The summed E-state index contributed by atoms with van der Waals surface area (Å²) in [6.45, 7) is 2.19. The Labute approximate surface area is 173 Å². The fourth-order valence-electron chi connectivity index (χ4n) is 3.30. The number of rotatable bonds is 4. The first-order valence-electron chi connectivity index (χ1n) is 10.0. The van der Waals surface area contributed by atoms with Crippen molar-refractivity contribution in [3.63, 3.8) is 0 Å². The van der Waals surface area contributed by atoms with Crippen LogP contribution >= 0.6 is 0 Å². The SMILES string of the molecule is CCCc1cc(N)ccc1-c1ccccc1.Nc1ccc(-c2ccccc2)cc1. The minimum Gasteiger partial charge on any atom is -0.399 e. The largest absolute Gasteiger partial charge is 0.399 e. The maximum atomic E-state index is 5.84. The maximum Gasteiger partial charge on any atom is 0.0317 e. The maximum absolute atomic E-state index is 5.84. The van der Waals surface area contributed by atoms with Crippen LogP contribution in [0.4, 0.5) is 11.4 Å². The fourth-order valence-corrected chi connectivity index (χ4v) is 3.30. The van der Waals surface area contributed by atoms with Crippen LogP contribution < -0.4 is 11.5 Å². The number of hydrogen-bond donors (Lipinski definition) is 2. The molecule has 2 heteroatoms. The third-order valence-corrected chi connectivity index (χ3v) is 4.75. The molecule has 4 N–H and O–H groups in total. The number of benzene rings is 4. The molecule has 0 unspecified atom stereocenters. The number of nitrogen functional groups attached to an aromatic ring is 2. The van der Waals surface area contributed by atoms with E-state index in [1.165, 1.54) is 27.8 Å². The van der Waals surface area contributed by atoms with Crippen LogP contribution in [0.3, 0.4) is 0 Å². The third-order valence-electron chi connectivity index (χ3n) is 4.75. The summed E-state index contributed by atoms with van der Waals surface area (Å²) >= 11 is 0. The lowest BCUT2D eigenvalue weighted by atomic mass is 9.96. The van der Waals surface area contributed by atoms with Crippen molar-refractivity contribution in [1.29, 1.82) is 0 Å². The van der Waals surface area contributed by atoms with Gasteiger partial charge in [0.25, 0.3) is 0 Å². The average molecular weight is 381 g/mol. The topological polar surface area (TPSA) is 52.0 Å². The third kappa shape index (κ3) is 5.73. The van der Waals surface area contributed by atoms with Crippen LogP contribution in [0, 0.1) is 0 Å². The van der Waals surface area contributed by atoms with Crippen molar-refractivity contribution < 1.29 is 0 Å². The molecule has 0 aliphatic carbocycles. The molecule has 0 aliphatic heterocycles. The van der Waals surface area contributed by atoms with E-state index in [9.17, 15) is 0 Å². The summed E-state index contributed by atoms with van der Waals surface area (Å²) in [6.07, 6.45) is 2.22. The molecule has 0 atom stereocenters. The van der Waals surface area contributed by atoms with Gasteiger partial charge in [-0.25, -0.2) is 0 Å². The number of hydrogen-bond acceptors (Lipinski definition) is 2. The van der Waals surface area contributed by atoms with Gasteiger partial charge in [0.15, 0.2) is 0 Å². The number of anilines is 2. The molecule has 0 heterocycles. The number of aryl methyl sites for hydroxylation is 1. The highest BCUT2D eigenvalue weighted by molar-refractivity contribution is 5.69. The van der Waals surface area contributed by atoms with Crippen LogP contribution in [0.15, 0.2) is 103 Å². The summed E-state index contributed by atoms with van der Waals surface area (Å²) in [7, 11) is 0. The summed E-state index contributed by atoms with van der Waals surface area (Å²) in [6, 6.07) is 34.8. The highest BCUT2D eigenvalue weighted by Gasteiger charge is 2.04. The van der Waals surface area contributed by atoms with Gasteiger partial charge in [-0.15, -0.1) is 0 Å². The van der Waals surface area contributed by atoms with Crippen LogP contribution in [-0.2, 0) is 6.42 Å². The Morgan fingerprint density at radius 3 is 1.66 bits per heavy atom. The monoisotopic (exact) mass is 380 g/mol. The fraction of sp³-hybridized carbons (Fsp3) is 0.111. The van der Waals surface area contributed by atoms with Gasteiger partial charge in [0.2, 0.25) is 0 Å². The first-order valence-corrected chi connectivity index (χ1v) is 10.0. The van der Waals surface area contributed by atoms with Gasteiger partial charge in [0.05, 0.1) is 0 Å². The molecule has 0 spiro atoms. The van der Waals surface area contributed by atoms with E-state index in [4.69, 9.17) is 11.5 Å². The van der Waals surface area contributed by atoms with E-state index in [1.807, 2.05) is 54.6 Å². The molecule has 0 aromatic heterocycles. The smallest absolute Gasteiger partial charge is 0.0317 e. The Balaban J connectivity index is 0.000000169. The van der Waals surface area contributed by atoms with Gasteiger partial charge < -0.3 is 11.5 Å². The van der Waals surface area contributed by atoms with Crippen molar-refractivity contribution in [2.75, 3.05) is 11.5 Å². The predicted molar refractivity (Wildman–Crippen MR) is 127 cm³/mol. The van der Waals surface area contributed by atoms with Gasteiger partial charge in [-0.1, -0.05) is 92.2 Å². The van der Waals surface area contributed by atoms with E-state index in [1.54, 1.807) is 0 Å². The second-order valence-electron chi connectivity index (χ2n) is 7.02. The molecule has 29 heavy (non-hydrogen) atoms. The molecular formula is C27H28N2. The van der Waals surface area contributed by atoms with Crippen LogP contribution in [0.5, 0.6) is 0 Å². The molecule has 0 radical (unpaired) electrons. The van der Waals surface area contributed by atoms with Gasteiger partial charge in [0.1, 0.15) is 0 Å². The summed E-state index contributed by atoms with van der Waals surface area (Å²) in [4.78, 5) is 0. The van der Waals surface area contributed by atoms with Gasteiger partial charge >= 0.3 is 0 Å². The molecule has 0 bridgehead atoms. The standard InChI is InChI=1S/C15H17N.C12H11N/c1-2-6-13-11-14(16)9-10-15(13)12-7-4-3-5-8-12;13-12-8-6-11(7-9-12)10-4-2-1-3-5-10/h3-5,7-11H,2,6,16H2,1H3;1-9H,13H2. The Bertz CT molecular complexity index is 1010. The van der Waals surface area contributed by atoms with E-state index in [0.29, 0.717) is 0 Å². The van der Waals surface area contributed by atoms with E-state index in [-0.39, 0.29) is 0 Å². The van der Waals surface area contributed by atoms with Crippen molar-refractivity contribution in [3.05, 3.63) is 109 Å². The quantitative estimate of drug-likeness (QED) is 0.381. The Morgan fingerprint density at radius 2 is 1.07 bits per heavy atom. The van der Waals surface area contributed by atoms with E-state index < -0.39 is 0 Å². The van der Waals surface area contributed by atoms with E-state index in [0.717, 1.165) is 24.2 Å². The molecule has 146 valence electrons. The minimum absolute atomic E-state index is 0.805. The lowest BCUT2D eigenvalue weighted by molar-refractivity contribution is 0.924. The predicted octanol–water partition coefficient (Wildman–Crippen LogP) is 6.82. The van der Waals surface area contributed by atoms with Gasteiger partial charge in [-0.05, 0) is 58.5 Å². The van der Waals surface area contributed by atoms with Crippen LogP contribution in [0.2, 0.25) is 0 Å². The molecule has 4 rings (SSSR count). The highest BCUT2D eigenvalue weighted by atomic mass is 14.5. The first-order chi connectivity index (χ1) is 14.2. The van der Waals surface area contributed by atoms with Crippen molar-refractivity contribution in [3.8, 4) is 22.3 Å². The zero-order valence-corrected chi connectivity index (χ0v) is 16.9. The lowest BCUT2D eigenvalue weighted by Gasteiger charge is -2.09. The molecule has 2 nitrogen and oxygen atoms in total. The van der Waals surface area contributed by atoms with Crippen molar-refractivity contribution in [2.45, 2.75) is 19.8 Å². The van der Waals surface area contributed by atoms with Crippen LogP contribution in [0.1, 0.15) is 18.9 Å². The van der Waals surface area contributed by atoms with E-state index in [2.05, 4.69) is 55.5 Å². The Kier molecular flexibility index (Phi) is 7.07. The van der Waals surface area contributed by atoms with Gasteiger partial charge in [-0.2, -0.15) is 0 Å². The molecule has 0 fully saturated rings. The van der Waals surface area contributed by atoms with Crippen molar-refractivity contribution in [1.82, 2.24) is 0 Å². The van der Waals surface area contributed by atoms with Crippen molar-refractivity contribution >= 4 is 11.4 Å². The molecule has 0 saturated heterocycles. The molecule has 4 aromatic rings. The summed E-state index contributed by atoms with van der Waals surface area (Å²) < 4.78 is 0. The average Bonchev–Trinajstić information content (AvgIpc) is 2.76.